The Labute approximate surface area is 150 Å². The molecule has 2 N–H and O–H groups in total. The smallest absolute Gasteiger partial charge is 0.118 e. The molecule has 0 aliphatic heterocycles. The summed E-state index contributed by atoms with van der Waals surface area (Å²) in [6, 6.07) is 14.6. The molecular weight excluding hydrogens is 310 g/mol. The van der Waals surface area contributed by atoms with Crippen molar-refractivity contribution in [3.05, 3.63) is 59.2 Å². The Morgan fingerprint density at radius 2 is 1.76 bits per heavy atom. The molecule has 0 saturated heterocycles. The molecule has 0 bridgehead atoms. The molecule has 2 aliphatic carbocycles. The highest BCUT2D eigenvalue weighted by atomic mass is 16.5. The van der Waals surface area contributed by atoms with E-state index in [0.717, 1.165) is 24.3 Å². The maximum Gasteiger partial charge on any atom is 0.118 e. The lowest BCUT2D eigenvalue weighted by Crippen LogP contribution is -2.39. The summed E-state index contributed by atoms with van der Waals surface area (Å²) in [7, 11) is 1.71. The second-order valence-corrected chi connectivity index (χ2v) is 7.94. The monoisotopic (exact) mass is 337 g/mol. The van der Waals surface area contributed by atoms with Gasteiger partial charge in [0.25, 0.3) is 0 Å². The fourth-order valence-corrected chi connectivity index (χ4v) is 3.76. The molecule has 3 nitrogen and oxygen atoms in total. The lowest BCUT2D eigenvalue weighted by molar-refractivity contribution is 0.414. The number of methoxy groups -OCH3 is 1. The van der Waals surface area contributed by atoms with Crippen molar-refractivity contribution in [1.82, 2.24) is 5.32 Å². The van der Waals surface area contributed by atoms with Crippen LogP contribution in [0.15, 0.2) is 42.5 Å². The summed E-state index contributed by atoms with van der Waals surface area (Å²) in [5.74, 6) is 1.31. The standard InChI is InChI=1S/C22H27NO2/c1-16-13-18(5-8-20(16)24)21(9-10-21)15-23-22(11-12-22)14-17-3-6-19(25-2)7-4-17/h3-8,13,23-24H,9-12,14-15H2,1-2H3. The molecule has 2 fully saturated rings. The zero-order valence-corrected chi connectivity index (χ0v) is 15.1. The van der Waals surface area contributed by atoms with Crippen molar-refractivity contribution < 1.29 is 9.84 Å². The molecule has 2 saturated carbocycles. The predicted molar refractivity (Wildman–Crippen MR) is 100 cm³/mol. The van der Waals surface area contributed by atoms with Crippen LogP contribution in [0.3, 0.4) is 0 Å². The molecular formula is C22H27NO2. The number of benzene rings is 2. The summed E-state index contributed by atoms with van der Waals surface area (Å²) in [4.78, 5) is 0. The Balaban J connectivity index is 1.41. The van der Waals surface area contributed by atoms with Crippen LogP contribution in [0.1, 0.15) is 42.4 Å². The third-order valence-corrected chi connectivity index (χ3v) is 6.02. The maximum atomic E-state index is 9.78. The normalized spacial score (nSPS) is 19.4. The van der Waals surface area contributed by atoms with E-state index in [9.17, 15) is 5.11 Å². The van der Waals surface area contributed by atoms with Crippen molar-refractivity contribution in [2.75, 3.05) is 13.7 Å². The maximum absolute atomic E-state index is 9.78. The minimum absolute atomic E-state index is 0.272. The average Bonchev–Trinajstić information content (AvgIpc) is 3.53. The van der Waals surface area contributed by atoms with Crippen molar-refractivity contribution in [3.8, 4) is 11.5 Å². The van der Waals surface area contributed by atoms with Crippen LogP contribution in [-0.4, -0.2) is 24.3 Å². The Morgan fingerprint density at radius 3 is 2.32 bits per heavy atom. The molecule has 2 aliphatic rings. The highest BCUT2D eigenvalue weighted by Gasteiger charge is 2.49. The number of aromatic hydroxyl groups is 1. The van der Waals surface area contributed by atoms with Crippen molar-refractivity contribution in [3.63, 3.8) is 0 Å². The summed E-state index contributed by atoms with van der Waals surface area (Å²) in [5.41, 5.74) is 4.26. The van der Waals surface area contributed by atoms with Crippen LogP contribution in [0.4, 0.5) is 0 Å². The van der Waals surface area contributed by atoms with Gasteiger partial charge in [0.05, 0.1) is 7.11 Å². The molecule has 0 atom stereocenters. The number of rotatable bonds is 7. The van der Waals surface area contributed by atoms with E-state index in [1.807, 2.05) is 25.1 Å². The molecule has 0 aromatic heterocycles. The highest BCUT2D eigenvalue weighted by molar-refractivity contribution is 5.41. The van der Waals surface area contributed by atoms with E-state index in [2.05, 4.69) is 29.6 Å². The van der Waals surface area contributed by atoms with Crippen molar-refractivity contribution >= 4 is 0 Å². The zero-order valence-electron chi connectivity index (χ0n) is 15.1. The van der Waals surface area contributed by atoms with Gasteiger partial charge in [-0.2, -0.15) is 0 Å². The Kier molecular flexibility index (Phi) is 3.99. The van der Waals surface area contributed by atoms with Gasteiger partial charge in [0, 0.05) is 17.5 Å². The van der Waals surface area contributed by atoms with E-state index in [1.54, 1.807) is 7.11 Å². The summed E-state index contributed by atoms with van der Waals surface area (Å²) in [5, 5.41) is 13.7. The third-order valence-electron chi connectivity index (χ3n) is 6.02. The van der Waals surface area contributed by atoms with Gasteiger partial charge in [0.2, 0.25) is 0 Å². The van der Waals surface area contributed by atoms with Crippen LogP contribution in [0.5, 0.6) is 11.5 Å². The van der Waals surface area contributed by atoms with Gasteiger partial charge in [-0.25, -0.2) is 0 Å². The van der Waals surface area contributed by atoms with E-state index in [1.165, 1.54) is 36.8 Å². The van der Waals surface area contributed by atoms with E-state index in [-0.39, 0.29) is 11.0 Å². The fourth-order valence-electron chi connectivity index (χ4n) is 3.76. The van der Waals surface area contributed by atoms with Crippen LogP contribution < -0.4 is 10.1 Å². The molecule has 0 amide bonds. The van der Waals surface area contributed by atoms with Gasteiger partial charge in [-0.3, -0.25) is 0 Å². The molecule has 0 heterocycles. The van der Waals surface area contributed by atoms with Crippen molar-refractivity contribution in [1.29, 1.82) is 0 Å². The first-order valence-corrected chi connectivity index (χ1v) is 9.22. The number of phenols is 1. The predicted octanol–water partition coefficient (Wildman–Crippen LogP) is 4.11. The quantitative estimate of drug-likeness (QED) is 0.799. The van der Waals surface area contributed by atoms with E-state index in [4.69, 9.17) is 4.74 Å². The molecule has 132 valence electrons. The minimum Gasteiger partial charge on any atom is -0.508 e. The van der Waals surface area contributed by atoms with Crippen LogP contribution in [0, 0.1) is 6.92 Å². The zero-order chi connectivity index (χ0) is 17.5. The van der Waals surface area contributed by atoms with Gasteiger partial charge in [-0.05, 0) is 73.9 Å². The number of phenolic OH excluding ortho intramolecular Hbond substituents is 1. The molecule has 25 heavy (non-hydrogen) atoms. The van der Waals surface area contributed by atoms with Crippen LogP contribution >= 0.6 is 0 Å². The summed E-state index contributed by atoms with van der Waals surface area (Å²) < 4.78 is 5.25. The summed E-state index contributed by atoms with van der Waals surface area (Å²) >= 11 is 0. The topological polar surface area (TPSA) is 41.5 Å². The first kappa shape index (κ1) is 16.5. The Hall–Kier alpha value is -2.00. The minimum atomic E-state index is 0.272. The van der Waals surface area contributed by atoms with Gasteiger partial charge in [0.1, 0.15) is 11.5 Å². The lowest BCUT2D eigenvalue weighted by atomic mass is 9.93. The number of ether oxygens (including phenoxy) is 1. The van der Waals surface area contributed by atoms with Crippen molar-refractivity contribution in [2.45, 2.75) is 50.0 Å². The van der Waals surface area contributed by atoms with E-state index >= 15 is 0 Å². The first-order valence-electron chi connectivity index (χ1n) is 9.22. The van der Waals surface area contributed by atoms with Crippen LogP contribution in [0.25, 0.3) is 0 Å². The molecule has 0 unspecified atom stereocenters. The summed E-state index contributed by atoms with van der Waals surface area (Å²) in [6.07, 6.45) is 6.07. The van der Waals surface area contributed by atoms with Gasteiger partial charge < -0.3 is 15.2 Å². The van der Waals surface area contributed by atoms with Gasteiger partial charge in [-0.1, -0.05) is 24.3 Å². The SMILES string of the molecule is COc1ccc(CC2(NCC3(c4ccc(O)c(C)c4)CC3)CC2)cc1. The molecule has 2 aromatic carbocycles. The second-order valence-electron chi connectivity index (χ2n) is 7.94. The fraction of sp³-hybridized carbons (Fsp3) is 0.455. The first-order chi connectivity index (χ1) is 12.0. The molecule has 4 rings (SSSR count). The number of aryl methyl sites for hydroxylation is 1. The molecule has 3 heteroatoms. The van der Waals surface area contributed by atoms with Crippen molar-refractivity contribution in [2.24, 2.45) is 0 Å². The Morgan fingerprint density at radius 1 is 1.04 bits per heavy atom. The average molecular weight is 337 g/mol. The number of nitrogens with one attached hydrogen (secondary N) is 1. The lowest BCUT2D eigenvalue weighted by Gasteiger charge is -2.23. The van der Waals surface area contributed by atoms with Gasteiger partial charge in [-0.15, -0.1) is 0 Å². The summed E-state index contributed by atoms with van der Waals surface area (Å²) in [6.45, 7) is 3.02. The van der Waals surface area contributed by atoms with E-state index < -0.39 is 0 Å². The number of hydrogen-bond donors (Lipinski definition) is 2. The van der Waals surface area contributed by atoms with Gasteiger partial charge >= 0.3 is 0 Å². The van der Waals surface area contributed by atoms with Gasteiger partial charge in [0.15, 0.2) is 0 Å². The Bertz CT molecular complexity index is 758. The van der Waals surface area contributed by atoms with Crippen LogP contribution in [-0.2, 0) is 11.8 Å². The van der Waals surface area contributed by atoms with Crippen LogP contribution in [0.2, 0.25) is 0 Å². The third kappa shape index (κ3) is 3.38. The molecule has 0 spiro atoms. The highest BCUT2D eigenvalue weighted by Crippen LogP contribution is 2.50. The van der Waals surface area contributed by atoms with E-state index in [0.29, 0.717) is 5.75 Å². The molecule has 2 aromatic rings. The molecule has 0 radical (unpaired) electrons. The largest absolute Gasteiger partial charge is 0.508 e. The number of hydrogen-bond acceptors (Lipinski definition) is 3. The second kappa shape index (κ2) is 6.06.